The summed E-state index contributed by atoms with van der Waals surface area (Å²) < 4.78 is 0. The zero-order valence-corrected chi connectivity index (χ0v) is 10.2. The number of hydrogen-bond donors (Lipinski definition) is 1. The molecule has 1 rings (SSSR count). The maximum absolute atomic E-state index is 3.78. The van der Waals surface area contributed by atoms with E-state index < -0.39 is 0 Å². The summed E-state index contributed by atoms with van der Waals surface area (Å²) in [4.78, 5) is 0. The predicted octanol–water partition coefficient (Wildman–Crippen LogP) is 3.53. The average Bonchev–Trinajstić information content (AvgIpc) is 2.21. The van der Waals surface area contributed by atoms with Gasteiger partial charge in [0.15, 0.2) is 0 Å². The van der Waals surface area contributed by atoms with Crippen LogP contribution >= 0.6 is 0 Å². The van der Waals surface area contributed by atoms with Crippen molar-refractivity contribution in [1.82, 2.24) is 5.32 Å². The zero-order chi connectivity index (χ0) is 11.4. The van der Waals surface area contributed by atoms with Crippen molar-refractivity contribution in [2.24, 2.45) is 0 Å². The van der Waals surface area contributed by atoms with Gasteiger partial charge >= 0.3 is 0 Å². The van der Waals surface area contributed by atoms with Gasteiger partial charge in [0.05, 0.1) is 0 Å². The molecule has 1 nitrogen and oxygen atoms in total. The first-order valence-electron chi connectivity index (χ1n) is 5.51. The molecule has 0 saturated heterocycles. The van der Waals surface area contributed by atoms with E-state index in [0.29, 0.717) is 12.1 Å². The Morgan fingerprint density at radius 1 is 1.27 bits per heavy atom. The van der Waals surface area contributed by atoms with Crippen molar-refractivity contribution in [3.63, 3.8) is 0 Å². The third kappa shape index (κ3) is 2.93. The Labute approximate surface area is 93.2 Å². The molecule has 2 atom stereocenters. The van der Waals surface area contributed by atoms with Crippen LogP contribution in [0, 0.1) is 13.8 Å². The minimum absolute atomic E-state index is 0.347. The highest BCUT2D eigenvalue weighted by molar-refractivity contribution is 5.35. The summed E-state index contributed by atoms with van der Waals surface area (Å²) in [6, 6.07) is 7.19. The van der Waals surface area contributed by atoms with E-state index in [-0.39, 0.29) is 0 Å². The smallest absolute Gasteiger partial charge is 0.0299 e. The molecule has 0 aliphatic rings. The van der Waals surface area contributed by atoms with Crippen LogP contribution in [-0.4, -0.2) is 6.04 Å². The number of nitrogens with one attached hydrogen (secondary N) is 1. The van der Waals surface area contributed by atoms with Gasteiger partial charge in [-0.25, -0.2) is 0 Å². The molecule has 82 valence electrons. The molecule has 0 spiro atoms. The molecule has 2 unspecified atom stereocenters. The van der Waals surface area contributed by atoms with Crippen LogP contribution in [0.4, 0.5) is 0 Å². The lowest BCUT2D eigenvalue weighted by Crippen LogP contribution is -2.27. The van der Waals surface area contributed by atoms with Crippen molar-refractivity contribution in [2.75, 3.05) is 0 Å². The summed E-state index contributed by atoms with van der Waals surface area (Å²) in [5.74, 6) is 0. The predicted molar refractivity (Wildman–Crippen MR) is 67.1 cm³/mol. The van der Waals surface area contributed by atoms with Crippen molar-refractivity contribution in [3.8, 4) is 0 Å². The van der Waals surface area contributed by atoms with Crippen LogP contribution in [0.1, 0.15) is 36.6 Å². The fourth-order valence-corrected chi connectivity index (χ4v) is 1.80. The Morgan fingerprint density at radius 2 is 1.93 bits per heavy atom. The van der Waals surface area contributed by atoms with Crippen LogP contribution < -0.4 is 5.32 Å². The molecule has 1 heteroatoms. The van der Waals surface area contributed by atoms with Gasteiger partial charge in [-0.05, 0) is 44.4 Å². The second-order valence-electron chi connectivity index (χ2n) is 4.20. The second-order valence-corrected chi connectivity index (χ2v) is 4.20. The van der Waals surface area contributed by atoms with Crippen molar-refractivity contribution < 1.29 is 0 Å². The van der Waals surface area contributed by atoms with E-state index in [1.807, 2.05) is 6.08 Å². The van der Waals surface area contributed by atoms with E-state index >= 15 is 0 Å². The summed E-state index contributed by atoms with van der Waals surface area (Å²) in [7, 11) is 0. The standard InChI is InChI=1S/C14H21N/c1-6-11(3)15-13(5)14-9-7-8-10(2)12(14)4/h6-9,11,13,15H,1H2,2-5H3. The van der Waals surface area contributed by atoms with Crippen LogP contribution in [0.2, 0.25) is 0 Å². The fraction of sp³-hybridized carbons (Fsp3) is 0.429. The Bertz CT molecular complexity index is 341. The van der Waals surface area contributed by atoms with Crippen LogP contribution in [0.25, 0.3) is 0 Å². The molecule has 0 saturated carbocycles. The van der Waals surface area contributed by atoms with E-state index in [4.69, 9.17) is 0 Å². The molecule has 0 aliphatic heterocycles. The molecule has 1 N–H and O–H groups in total. The summed E-state index contributed by atoms with van der Waals surface area (Å²) in [6.07, 6.45) is 1.93. The molecule has 0 bridgehead atoms. The number of aryl methyl sites for hydroxylation is 1. The quantitative estimate of drug-likeness (QED) is 0.738. The lowest BCUT2D eigenvalue weighted by Gasteiger charge is -2.20. The lowest BCUT2D eigenvalue weighted by atomic mass is 9.98. The number of hydrogen-bond acceptors (Lipinski definition) is 1. The Kier molecular flexibility index (Phi) is 4.10. The molecule has 0 aliphatic carbocycles. The largest absolute Gasteiger partial charge is 0.304 e. The topological polar surface area (TPSA) is 12.0 Å². The SMILES string of the molecule is C=CC(C)NC(C)c1cccc(C)c1C. The van der Waals surface area contributed by atoms with Crippen LogP contribution in [0.3, 0.4) is 0 Å². The highest BCUT2D eigenvalue weighted by Gasteiger charge is 2.10. The molecule has 0 amide bonds. The second kappa shape index (κ2) is 5.13. The monoisotopic (exact) mass is 203 g/mol. The maximum Gasteiger partial charge on any atom is 0.0299 e. The molecular weight excluding hydrogens is 182 g/mol. The van der Waals surface area contributed by atoms with Gasteiger partial charge in [-0.15, -0.1) is 6.58 Å². The third-order valence-corrected chi connectivity index (χ3v) is 2.98. The fourth-order valence-electron chi connectivity index (χ4n) is 1.80. The number of rotatable bonds is 4. The van der Waals surface area contributed by atoms with Gasteiger partial charge in [0, 0.05) is 12.1 Å². The van der Waals surface area contributed by atoms with Gasteiger partial charge in [-0.2, -0.15) is 0 Å². The lowest BCUT2D eigenvalue weighted by molar-refractivity contribution is 0.535. The van der Waals surface area contributed by atoms with Gasteiger partial charge in [0.25, 0.3) is 0 Å². The summed E-state index contributed by atoms with van der Waals surface area (Å²) in [5, 5.41) is 3.50. The van der Waals surface area contributed by atoms with E-state index in [1.165, 1.54) is 16.7 Å². The first-order chi connectivity index (χ1) is 7.06. The summed E-state index contributed by atoms with van der Waals surface area (Å²) >= 11 is 0. The first-order valence-corrected chi connectivity index (χ1v) is 5.51. The van der Waals surface area contributed by atoms with E-state index in [0.717, 1.165) is 0 Å². The minimum atomic E-state index is 0.347. The molecule has 0 fully saturated rings. The Hall–Kier alpha value is -1.08. The van der Waals surface area contributed by atoms with E-state index in [1.54, 1.807) is 0 Å². The molecule has 15 heavy (non-hydrogen) atoms. The van der Waals surface area contributed by atoms with Gasteiger partial charge in [0.2, 0.25) is 0 Å². The van der Waals surface area contributed by atoms with Crippen molar-refractivity contribution in [1.29, 1.82) is 0 Å². The molecule has 0 radical (unpaired) electrons. The first kappa shape index (κ1) is 12.0. The van der Waals surface area contributed by atoms with Crippen molar-refractivity contribution in [3.05, 3.63) is 47.5 Å². The van der Waals surface area contributed by atoms with Gasteiger partial charge in [-0.3, -0.25) is 0 Å². The zero-order valence-electron chi connectivity index (χ0n) is 10.2. The molecule has 0 heterocycles. The van der Waals surface area contributed by atoms with Gasteiger partial charge in [-0.1, -0.05) is 24.3 Å². The summed E-state index contributed by atoms with van der Waals surface area (Å²) in [6.45, 7) is 12.4. The van der Waals surface area contributed by atoms with E-state index in [2.05, 4.69) is 57.8 Å². The Morgan fingerprint density at radius 3 is 2.53 bits per heavy atom. The van der Waals surface area contributed by atoms with E-state index in [9.17, 15) is 0 Å². The molecule has 1 aromatic rings. The highest BCUT2D eigenvalue weighted by atomic mass is 14.9. The number of benzene rings is 1. The maximum atomic E-state index is 3.78. The van der Waals surface area contributed by atoms with Crippen LogP contribution in [-0.2, 0) is 0 Å². The molecule has 0 aromatic heterocycles. The normalized spacial score (nSPS) is 14.7. The van der Waals surface area contributed by atoms with Crippen LogP contribution in [0.15, 0.2) is 30.9 Å². The molecular formula is C14H21N. The third-order valence-electron chi connectivity index (χ3n) is 2.98. The van der Waals surface area contributed by atoms with Crippen LogP contribution in [0.5, 0.6) is 0 Å². The minimum Gasteiger partial charge on any atom is -0.304 e. The highest BCUT2D eigenvalue weighted by Crippen LogP contribution is 2.20. The van der Waals surface area contributed by atoms with Gasteiger partial charge < -0.3 is 5.32 Å². The Balaban J connectivity index is 2.86. The average molecular weight is 203 g/mol. The van der Waals surface area contributed by atoms with Crippen molar-refractivity contribution >= 4 is 0 Å². The van der Waals surface area contributed by atoms with Crippen molar-refractivity contribution in [2.45, 2.75) is 39.8 Å². The summed E-state index contributed by atoms with van der Waals surface area (Å²) in [5.41, 5.74) is 4.12. The van der Waals surface area contributed by atoms with Gasteiger partial charge in [0.1, 0.15) is 0 Å². The molecule has 1 aromatic carbocycles.